The monoisotopic (exact) mass is 211 g/mol. The van der Waals surface area contributed by atoms with Crippen molar-refractivity contribution in [3.8, 4) is 0 Å². The average Bonchev–Trinajstić information content (AvgIpc) is 2.68. The van der Waals surface area contributed by atoms with E-state index in [0.717, 1.165) is 19.3 Å². The maximum absolute atomic E-state index is 10.6. The summed E-state index contributed by atoms with van der Waals surface area (Å²) in [5.74, 6) is -0.580. The Morgan fingerprint density at radius 2 is 2.40 bits per heavy atom. The highest BCUT2D eigenvalue weighted by Gasteiger charge is 2.34. The molecule has 1 aromatic rings. The summed E-state index contributed by atoms with van der Waals surface area (Å²) in [6.45, 7) is 2.58. The molecule has 1 aliphatic heterocycles. The molecule has 0 amide bonds. The van der Waals surface area contributed by atoms with E-state index in [0.29, 0.717) is 12.4 Å². The lowest BCUT2D eigenvalue weighted by atomic mass is 9.93. The first-order valence-electron chi connectivity index (χ1n) is 4.96. The lowest BCUT2D eigenvalue weighted by Crippen LogP contribution is -2.29. The van der Waals surface area contributed by atoms with Gasteiger partial charge in [-0.15, -0.1) is 0 Å². The summed E-state index contributed by atoms with van der Waals surface area (Å²) in [4.78, 5) is 10.6. The number of ether oxygens (including phenoxy) is 1. The van der Waals surface area contributed by atoms with Crippen LogP contribution in [0.5, 0.6) is 0 Å². The van der Waals surface area contributed by atoms with E-state index in [1.165, 1.54) is 6.07 Å². The van der Waals surface area contributed by atoms with Crippen LogP contribution < -0.4 is 0 Å². The molecule has 1 unspecified atom stereocenters. The molecule has 5 nitrogen and oxygen atoms in total. The molecule has 0 radical (unpaired) electrons. The Bertz CT molecular complexity index is 365. The van der Waals surface area contributed by atoms with E-state index in [-0.39, 0.29) is 5.69 Å². The van der Waals surface area contributed by atoms with Gasteiger partial charge in [0, 0.05) is 12.7 Å². The molecule has 15 heavy (non-hydrogen) atoms. The fourth-order valence-electron chi connectivity index (χ4n) is 1.75. The Morgan fingerprint density at radius 3 is 2.93 bits per heavy atom. The number of carboxylic acids is 1. The first-order valence-corrected chi connectivity index (χ1v) is 4.96. The number of hydrogen-bond acceptors (Lipinski definition) is 4. The van der Waals surface area contributed by atoms with Crippen LogP contribution in [0.4, 0.5) is 0 Å². The minimum atomic E-state index is -1.08. The Balaban J connectivity index is 2.23. The highest BCUT2D eigenvalue weighted by Crippen LogP contribution is 2.34. The van der Waals surface area contributed by atoms with E-state index in [9.17, 15) is 4.79 Å². The predicted molar refractivity (Wildman–Crippen MR) is 50.6 cm³/mol. The van der Waals surface area contributed by atoms with Crippen molar-refractivity contribution in [1.82, 2.24) is 5.16 Å². The van der Waals surface area contributed by atoms with Gasteiger partial charge in [-0.1, -0.05) is 5.16 Å². The molecular formula is C10H13NO4. The molecule has 5 heteroatoms. The normalized spacial score (nSPS) is 26.5. The Labute approximate surface area is 87.0 Å². The van der Waals surface area contributed by atoms with Crippen molar-refractivity contribution >= 4 is 5.97 Å². The number of hydrogen-bond donors (Lipinski definition) is 1. The molecule has 0 bridgehead atoms. The number of aromatic carboxylic acids is 1. The molecule has 0 aromatic carbocycles. The van der Waals surface area contributed by atoms with Crippen LogP contribution in [0.25, 0.3) is 0 Å². The van der Waals surface area contributed by atoms with E-state index < -0.39 is 11.6 Å². The van der Waals surface area contributed by atoms with E-state index in [1.807, 2.05) is 6.92 Å². The average molecular weight is 211 g/mol. The maximum atomic E-state index is 10.6. The predicted octanol–water partition coefficient (Wildman–Crippen LogP) is 1.79. The fourth-order valence-corrected chi connectivity index (χ4v) is 1.75. The highest BCUT2D eigenvalue weighted by molar-refractivity contribution is 5.85. The number of nitrogens with zero attached hydrogens (tertiary/aromatic N) is 1. The summed E-state index contributed by atoms with van der Waals surface area (Å²) in [5.41, 5.74) is -0.584. The van der Waals surface area contributed by atoms with Crippen LogP contribution >= 0.6 is 0 Å². The van der Waals surface area contributed by atoms with Crippen LogP contribution in [0.15, 0.2) is 10.6 Å². The molecule has 0 aliphatic carbocycles. The number of carboxylic acid groups (broad SMARTS) is 1. The number of aromatic nitrogens is 1. The zero-order chi connectivity index (χ0) is 10.9. The second-order valence-electron chi connectivity index (χ2n) is 3.92. The van der Waals surface area contributed by atoms with Crippen molar-refractivity contribution in [2.45, 2.75) is 31.8 Å². The smallest absolute Gasteiger partial charge is 0.358 e. The Hall–Kier alpha value is -1.36. The largest absolute Gasteiger partial charge is 0.476 e. The van der Waals surface area contributed by atoms with E-state index in [1.54, 1.807) is 0 Å². The van der Waals surface area contributed by atoms with E-state index >= 15 is 0 Å². The summed E-state index contributed by atoms with van der Waals surface area (Å²) >= 11 is 0. The summed E-state index contributed by atoms with van der Waals surface area (Å²) < 4.78 is 10.6. The number of rotatable bonds is 2. The minimum absolute atomic E-state index is 0.0691. The van der Waals surface area contributed by atoms with Crippen LogP contribution in [0.1, 0.15) is 42.4 Å². The van der Waals surface area contributed by atoms with Gasteiger partial charge >= 0.3 is 5.97 Å². The van der Waals surface area contributed by atoms with Crippen LogP contribution in [0.2, 0.25) is 0 Å². The molecule has 0 saturated carbocycles. The van der Waals surface area contributed by atoms with Gasteiger partial charge in [-0.2, -0.15) is 0 Å². The van der Waals surface area contributed by atoms with Gasteiger partial charge in [-0.05, 0) is 26.2 Å². The summed E-state index contributed by atoms with van der Waals surface area (Å²) in [6, 6.07) is 1.44. The molecule has 1 aromatic heterocycles. The fraction of sp³-hybridized carbons (Fsp3) is 0.600. The third kappa shape index (κ3) is 1.87. The van der Waals surface area contributed by atoms with Gasteiger partial charge in [-0.3, -0.25) is 0 Å². The van der Waals surface area contributed by atoms with Gasteiger partial charge in [0.2, 0.25) is 0 Å². The van der Waals surface area contributed by atoms with Gasteiger partial charge in [0.25, 0.3) is 0 Å². The van der Waals surface area contributed by atoms with E-state index in [2.05, 4.69) is 5.16 Å². The van der Waals surface area contributed by atoms with Crippen molar-refractivity contribution in [3.05, 3.63) is 17.5 Å². The molecule has 1 atom stereocenters. The molecule has 1 N–H and O–H groups in total. The Kier molecular flexibility index (Phi) is 2.48. The van der Waals surface area contributed by atoms with Gasteiger partial charge in [-0.25, -0.2) is 4.79 Å². The topological polar surface area (TPSA) is 72.6 Å². The SMILES string of the molecule is CC1(c2cc(C(=O)O)no2)CCCCO1. The van der Waals surface area contributed by atoms with Crippen molar-refractivity contribution < 1.29 is 19.2 Å². The summed E-state index contributed by atoms with van der Waals surface area (Å²) in [6.07, 6.45) is 2.93. The van der Waals surface area contributed by atoms with Gasteiger partial charge < -0.3 is 14.4 Å². The molecule has 1 saturated heterocycles. The van der Waals surface area contributed by atoms with Crippen LogP contribution in [-0.4, -0.2) is 22.8 Å². The summed E-state index contributed by atoms with van der Waals surface area (Å²) in [5, 5.41) is 12.2. The van der Waals surface area contributed by atoms with Crippen LogP contribution in [0.3, 0.4) is 0 Å². The zero-order valence-corrected chi connectivity index (χ0v) is 8.52. The molecule has 0 spiro atoms. The third-order valence-corrected chi connectivity index (χ3v) is 2.72. The molecular weight excluding hydrogens is 198 g/mol. The maximum Gasteiger partial charge on any atom is 0.358 e. The zero-order valence-electron chi connectivity index (χ0n) is 8.52. The lowest BCUT2D eigenvalue weighted by Gasteiger charge is -2.31. The van der Waals surface area contributed by atoms with Gasteiger partial charge in [0.05, 0.1) is 0 Å². The standard InChI is InChI=1S/C10H13NO4/c1-10(4-2-3-5-14-10)8-6-7(9(12)13)11-15-8/h6H,2-5H2,1H3,(H,12,13). The molecule has 2 rings (SSSR count). The molecule has 82 valence electrons. The second-order valence-corrected chi connectivity index (χ2v) is 3.92. The molecule has 2 heterocycles. The van der Waals surface area contributed by atoms with Crippen molar-refractivity contribution in [1.29, 1.82) is 0 Å². The second kappa shape index (κ2) is 3.66. The Morgan fingerprint density at radius 1 is 1.60 bits per heavy atom. The quantitative estimate of drug-likeness (QED) is 0.807. The van der Waals surface area contributed by atoms with Gasteiger partial charge in [0.15, 0.2) is 11.5 Å². The first-order chi connectivity index (χ1) is 7.12. The van der Waals surface area contributed by atoms with Crippen molar-refractivity contribution in [3.63, 3.8) is 0 Å². The number of carbonyl (C=O) groups is 1. The minimum Gasteiger partial charge on any atom is -0.476 e. The lowest BCUT2D eigenvalue weighted by molar-refractivity contribution is -0.0857. The summed E-state index contributed by atoms with van der Waals surface area (Å²) in [7, 11) is 0. The van der Waals surface area contributed by atoms with Crippen LogP contribution in [0, 0.1) is 0 Å². The van der Waals surface area contributed by atoms with E-state index in [4.69, 9.17) is 14.4 Å². The molecule has 1 fully saturated rings. The highest BCUT2D eigenvalue weighted by atomic mass is 16.5. The van der Waals surface area contributed by atoms with Gasteiger partial charge in [0.1, 0.15) is 5.60 Å². The first kappa shape index (κ1) is 10.2. The molecule has 1 aliphatic rings. The van der Waals surface area contributed by atoms with Crippen molar-refractivity contribution in [2.75, 3.05) is 6.61 Å². The third-order valence-electron chi connectivity index (χ3n) is 2.72. The van der Waals surface area contributed by atoms with Crippen LogP contribution in [-0.2, 0) is 10.3 Å². The van der Waals surface area contributed by atoms with Crippen molar-refractivity contribution in [2.24, 2.45) is 0 Å².